The maximum Gasteiger partial charge on any atom is 1.00 e. The van der Waals surface area contributed by atoms with Gasteiger partial charge in [-0.1, -0.05) is 374 Å². The molecule has 0 saturated carbocycles. The number of benzene rings is 16. The van der Waals surface area contributed by atoms with Crippen molar-refractivity contribution >= 4 is 275 Å². The summed E-state index contributed by atoms with van der Waals surface area (Å²) >= 11 is 38.8. The molecule has 0 aliphatic carbocycles. The van der Waals surface area contributed by atoms with Gasteiger partial charge in [0.1, 0.15) is 60.8 Å². The van der Waals surface area contributed by atoms with Gasteiger partial charge in [-0.25, -0.2) is 0 Å². The first kappa shape index (κ1) is 103. The maximum absolute atomic E-state index is 9.24. The average Bonchev–Trinajstić information content (AvgIpc) is 1.55. The third kappa shape index (κ3) is 23.9. The summed E-state index contributed by atoms with van der Waals surface area (Å²) in [6.07, 6.45) is 2.28. The molecular formula is C108H103BBr2Cl5ILiNO6Si3. The first-order valence-electron chi connectivity index (χ1n) is 40.5. The predicted molar refractivity (Wildman–Crippen MR) is 582 cm³/mol. The van der Waals surface area contributed by atoms with Crippen LogP contribution >= 0.6 is 112 Å². The van der Waals surface area contributed by atoms with E-state index in [4.69, 9.17) is 75.2 Å². The smallest absolute Gasteiger partial charge is 0.456 e. The average molecular weight is 2080 g/mol. The van der Waals surface area contributed by atoms with Gasteiger partial charge >= 0.3 is 26.0 Å². The Bertz CT molecular complexity index is 7120. The second kappa shape index (κ2) is 47.3. The molecular weight excluding hydrogens is 1970 g/mol. The first-order valence-corrected chi connectivity index (χ1v) is 54.6. The molecule has 0 bridgehead atoms. The minimum Gasteiger partial charge on any atom is -0.456 e. The molecule has 0 fully saturated rings. The van der Waals surface area contributed by atoms with Crippen LogP contribution < -0.4 is 45.2 Å². The summed E-state index contributed by atoms with van der Waals surface area (Å²) in [5.41, 5.74) is 19.2. The van der Waals surface area contributed by atoms with E-state index in [9.17, 15) is 10.0 Å². The normalized spacial score (nSPS) is 11.2. The van der Waals surface area contributed by atoms with Crippen LogP contribution in [0.4, 0.5) is 11.4 Å². The van der Waals surface area contributed by atoms with Gasteiger partial charge in [0.15, 0.2) is 0 Å². The van der Waals surface area contributed by atoms with E-state index in [1.165, 1.54) is 85.7 Å². The van der Waals surface area contributed by atoms with Gasteiger partial charge in [-0.05, 0) is 197 Å². The van der Waals surface area contributed by atoms with E-state index < -0.39 is 32.1 Å². The van der Waals surface area contributed by atoms with Crippen molar-refractivity contribution in [3.8, 4) is 44.5 Å². The van der Waals surface area contributed by atoms with Crippen LogP contribution in [-0.2, 0) is 0 Å². The molecule has 128 heavy (non-hydrogen) atoms. The van der Waals surface area contributed by atoms with Gasteiger partial charge in [0.05, 0.1) is 8.80 Å². The van der Waals surface area contributed by atoms with E-state index >= 15 is 0 Å². The third-order valence-electron chi connectivity index (χ3n) is 21.1. The maximum atomic E-state index is 9.24. The van der Waals surface area contributed by atoms with Crippen LogP contribution in [0.1, 0.15) is 49.5 Å². The van der Waals surface area contributed by atoms with Crippen LogP contribution in [0.3, 0.4) is 0 Å². The van der Waals surface area contributed by atoms with Gasteiger partial charge in [0.2, 0.25) is 0 Å². The van der Waals surface area contributed by atoms with Crippen molar-refractivity contribution in [2.24, 2.45) is 0 Å². The monoisotopic (exact) mass is 2070 g/mol. The molecule has 20 heteroatoms. The Morgan fingerprint density at radius 3 is 1.29 bits per heavy atom. The predicted octanol–water partition coefficient (Wildman–Crippen LogP) is 30.9. The number of rotatable bonds is 8. The van der Waals surface area contributed by atoms with E-state index in [2.05, 4.69) is 295 Å². The number of furan rings is 4. The summed E-state index contributed by atoms with van der Waals surface area (Å²) < 4.78 is 27.3. The second-order valence-electron chi connectivity index (χ2n) is 30.6. The van der Waals surface area contributed by atoms with Crippen molar-refractivity contribution in [2.75, 3.05) is 5.32 Å². The Kier molecular flexibility index (Phi) is 38.0. The molecule has 21 rings (SSSR count). The molecule has 0 atom stereocenters. The van der Waals surface area contributed by atoms with Gasteiger partial charge in [0.25, 0.3) is 0 Å². The fourth-order valence-corrected chi connectivity index (χ4v) is 22.0. The number of hydrogen-bond acceptors (Lipinski definition) is 7. The van der Waals surface area contributed by atoms with Crippen LogP contribution in [-0.4, -0.2) is 42.1 Å². The minimum atomic E-state index is -1.72. The van der Waals surface area contributed by atoms with E-state index in [1.54, 1.807) is 12.1 Å². The molecule has 7 nitrogen and oxygen atoms in total. The summed E-state index contributed by atoms with van der Waals surface area (Å²) in [5, 5.41) is 40.7. The first-order chi connectivity index (χ1) is 59.5. The number of fused-ring (bicyclic) bond motifs is 17. The van der Waals surface area contributed by atoms with Crippen LogP contribution in [0.15, 0.2) is 360 Å². The topological polar surface area (TPSA) is 105 Å². The Morgan fingerprint density at radius 1 is 0.391 bits per heavy atom. The second-order valence-corrected chi connectivity index (χ2v) is 47.1. The van der Waals surface area contributed by atoms with Crippen molar-refractivity contribution < 1.29 is 46.6 Å². The molecule has 1 aliphatic rings. The van der Waals surface area contributed by atoms with E-state index in [0.29, 0.717) is 16.1 Å². The number of nitrogens with one attached hydrogen (secondary N) is 1. The molecule has 5 heterocycles. The summed E-state index contributed by atoms with van der Waals surface area (Å²) in [7, 11) is -4.91. The minimum absolute atomic E-state index is 0. The van der Waals surface area contributed by atoms with E-state index in [-0.39, 0.29) is 48.6 Å². The number of para-hydroxylation sites is 8. The Morgan fingerprint density at radius 2 is 0.789 bits per heavy atom. The SMILES string of the molecule is C.C.C.C.C[SiH](C)Cl.C[SiH](C)c1cc(Cl)ccc1-c1cccc2c1oc1ccccc12.C[Si]1(C)c2cc(Cl)ccc2-c2c1ccc1c2oc2ccccc21.Clc1ccc(-c2cccc3c2oc2ccccc23)c(Br)c1.Clc1ccc(I)c(Br)c1.OB(O)c1cccc2c1oc1ccccc12.[CH2-]CCC.[Li+].c1ccc(Nc2ccc(-c3ccc4ccccc4c3)cc2)cc1. The molecule has 0 radical (unpaired) electrons. The van der Waals surface area contributed by atoms with Crippen molar-refractivity contribution in [3.05, 3.63) is 373 Å². The molecule has 3 N–H and O–H groups in total. The molecule has 0 spiro atoms. The zero-order chi connectivity index (χ0) is 86.6. The van der Waals surface area contributed by atoms with Gasteiger partial charge in [-0.15, -0.1) is 0 Å². The Balaban J connectivity index is 0.000000172. The zero-order valence-electron chi connectivity index (χ0n) is 69.7. The summed E-state index contributed by atoms with van der Waals surface area (Å²) in [6.45, 7) is 19.3. The van der Waals surface area contributed by atoms with Crippen LogP contribution in [0, 0.1) is 10.5 Å². The van der Waals surface area contributed by atoms with Crippen LogP contribution in [0.5, 0.6) is 0 Å². The number of halogens is 8. The molecule has 16 aromatic carbocycles. The molecule has 0 saturated heterocycles. The van der Waals surface area contributed by atoms with Crippen molar-refractivity contribution in [1.82, 2.24) is 0 Å². The summed E-state index contributed by atoms with van der Waals surface area (Å²) in [5.74, 6) is 0. The van der Waals surface area contributed by atoms with Crippen molar-refractivity contribution in [3.63, 3.8) is 0 Å². The Labute approximate surface area is 824 Å². The van der Waals surface area contributed by atoms with E-state index in [0.717, 1.165) is 119 Å². The van der Waals surface area contributed by atoms with Crippen LogP contribution in [0.2, 0.25) is 59.4 Å². The quantitative estimate of drug-likeness (QED) is 0.0458. The van der Waals surface area contributed by atoms with Crippen LogP contribution in [0.25, 0.3) is 143 Å². The number of anilines is 2. The van der Waals surface area contributed by atoms with Crippen molar-refractivity contribution in [1.29, 1.82) is 0 Å². The van der Waals surface area contributed by atoms with Crippen molar-refractivity contribution in [2.45, 2.75) is 88.8 Å². The fraction of sp³-hybridized carbons (Fsp3) is 0.120. The Hall–Kier alpha value is -8.85. The largest absolute Gasteiger partial charge is 1.00 e. The summed E-state index contributed by atoms with van der Waals surface area (Å²) in [6, 6.07) is 113. The van der Waals surface area contributed by atoms with E-state index in [1.807, 2.05) is 140 Å². The van der Waals surface area contributed by atoms with Gasteiger partial charge in [0, 0.05) is 109 Å². The molecule has 1 aliphatic heterocycles. The number of hydrogen-bond donors (Lipinski definition) is 3. The molecule has 648 valence electrons. The molecule has 0 amide bonds. The summed E-state index contributed by atoms with van der Waals surface area (Å²) in [4.78, 5) is 0. The zero-order valence-corrected chi connectivity index (χ0v) is 82.1. The van der Waals surface area contributed by atoms with Gasteiger partial charge in [-0.2, -0.15) is 17.5 Å². The van der Waals surface area contributed by atoms with Gasteiger partial charge in [-0.3, -0.25) is 0 Å². The number of unbranched alkanes of at least 4 members (excludes halogenated alkanes) is 1. The third-order valence-corrected chi connectivity index (χ3v) is 30.3. The fourth-order valence-electron chi connectivity index (χ4n) is 15.1. The molecule has 4 aromatic heterocycles. The molecule has 20 aromatic rings. The standard InChI is InChI=1S/C22H17N.C20H15ClOSi.C20H17ClOSi.C18H10BrClO.C12H9BO3.C6H3BrClI.C4H9.C2H7ClSi.4CH4.Li/c1-2-8-21(9-3-1)23-22-14-12-18(13-15-22)20-11-10-17-6-4-5-7-19(17)16-20;1-23(2)17-10-9-14-13-5-3-4-6-16(13)22-20(14)19(17)15-8-7-12(21)11-18(15)23;1-23(2)19-12-13(21)10-11-15(19)17-8-5-7-16-14-6-3-4-9-18(14)22-20(16)17;19-16-10-11(20)8-9-12(16)14-5-3-6-15-13-4-1-2-7-17(13)21-18(14)15;14-13(15)10-6-3-5-9-8-4-1-2-7-11(8)16-12(9)10;7-5-3-4(8)1-2-6(5)9;1-3-4-2;1-4(2)3;;;;;/h1-16,23H;3-11H,1-2H3;3-12,23H,1-2H3;1-10H;1-7,14-15H;1-3H;1,3-4H2,2H3;4H,1-2H3;4*1H4;/q;;;;;;-1;;;;;;+1. The molecule has 0 unspecified atom stereocenters. The van der Waals surface area contributed by atoms with Gasteiger partial charge < -0.3 is 40.0 Å².